The van der Waals surface area contributed by atoms with Gasteiger partial charge >= 0.3 is 0 Å². The Balaban J connectivity index is 1.79. The van der Waals surface area contributed by atoms with Crippen LogP contribution in [0.2, 0.25) is 0 Å². The summed E-state index contributed by atoms with van der Waals surface area (Å²) in [7, 11) is 0. The van der Waals surface area contributed by atoms with Crippen LogP contribution in [0.25, 0.3) is 0 Å². The van der Waals surface area contributed by atoms with Crippen molar-refractivity contribution in [1.29, 1.82) is 0 Å². The van der Waals surface area contributed by atoms with E-state index in [1.807, 2.05) is 36.4 Å². The van der Waals surface area contributed by atoms with Crippen LogP contribution >= 0.6 is 0 Å². The number of benzene rings is 2. The van der Waals surface area contributed by atoms with E-state index >= 15 is 0 Å². The quantitative estimate of drug-likeness (QED) is 0.844. The monoisotopic (exact) mass is 265 g/mol. The summed E-state index contributed by atoms with van der Waals surface area (Å²) in [4.78, 5) is 11.7. The summed E-state index contributed by atoms with van der Waals surface area (Å²) < 4.78 is 5.36. The molecule has 3 nitrogen and oxygen atoms in total. The SMILES string of the molecule is C#Cc1cccc(NC(=O)COCc2ccccc2)c1. The number of hydrogen-bond acceptors (Lipinski definition) is 2. The molecular formula is C17H15NO2. The van der Waals surface area contributed by atoms with Crippen LogP contribution in [0, 0.1) is 12.3 Å². The maximum absolute atomic E-state index is 11.7. The van der Waals surface area contributed by atoms with Crippen LogP contribution in [0.5, 0.6) is 0 Å². The van der Waals surface area contributed by atoms with E-state index in [1.54, 1.807) is 18.2 Å². The van der Waals surface area contributed by atoms with Crippen molar-refractivity contribution in [3.63, 3.8) is 0 Å². The zero-order valence-electron chi connectivity index (χ0n) is 11.0. The van der Waals surface area contributed by atoms with Crippen LogP contribution in [0.3, 0.4) is 0 Å². The van der Waals surface area contributed by atoms with Gasteiger partial charge in [0, 0.05) is 11.3 Å². The highest BCUT2D eigenvalue weighted by molar-refractivity contribution is 5.91. The third-order valence-electron chi connectivity index (χ3n) is 2.66. The van der Waals surface area contributed by atoms with Crippen LogP contribution in [-0.2, 0) is 16.1 Å². The van der Waals surface area contributed by atoms with E-state index in [0.29, 0.717) is 12.3 Å². The number of terminal acetylenes is 1. The number of hydrogen-bond donors (Lipinski definition) is 1. The predicted octanol–water partition coefficient (Wildman–Crippen LogP) is 2.82. The molecule has 0 atom stereocenters. The zero-order chi connectivity index (χ0) is 14.2. The highest BCUT2D eigenvalue weighted by Crippen LogP contribution is 2.09. The first kappa shape index (κ1) is 13.9. The van der Waals surface area contributed by atoms with Crippen molar-refractivity contribution >= 4 is 11.6 Å². The molecule has 0 unspecified atom stereocenters. The van der Waals surface area contributed by atoms with Crippen LogP contribution in [0.1, 0.15) is 11.1 Å². The molecule has 0 aliphatic carbocycles. The van der Waals surface area contributed by atoms with Gasteiger partial charge in [-0.05, 0) is 23.8 Å². The van der Waals surface area contributed by atoms with Gasteiger partial charge in [0.15, 0.2) is 0 Å². The Morgan fingerprint density at radius 1 is 1.15 bits per heavy atom. The average molecular weight is 265 g/mol. The van der Waals surface area contributed by atoms with E-state index in [-0.39, 0.29) is 12.5 Å². The molecule has 100 valence electrons. The highest BCUT2D eigenvalue weighted by Gasteiger charge is 2.03. The number of carbonyl (C=O) groups is 1. The van der Waals surface area contributed by atoms with Crippen molar-refractivity contribution in [2.24, 2.45) is 0 Å². The van der Waals surface area contributed by atoms with Gasteiger partial charge in [0.05, 0.1) is 6.61 Å². The van der Waals surface area contributed by atoms with Crippen molar-refractivity contribution in [3.8, 4) is 12.3 Å². The van der Waals surface area contributed by atoms with Crippen molar-refractivity contribution in [2.45, 2.75) is 6.61 Å². The first-order chi connectivity index (χ1) is 9.78. The molecule has 2 aromatic rings. The van der Waals surface area contributed by atoms with E-state index < -0.39 is 0 Å². The van der Waals surface area contributed by atoms with Gasteiger partial charge in [0.2, 0.25) is 5.91 Å². The van der Waals surface area contributed by atoms with Crippen molar-refractivity contribution in [1.82, 2.24) is 0 Å². The van der Waals surface area contributed by atoms with Gasteiger partial charge < -0.3 is 10.1 Å². The molecule has 0 heterocycles. The number of amides is 1. The Hall–Kier alpha value is -2.57. The van der Waals surface area contributed by atoms with Crippen molar-refractivity contribution in [2.75, 3.05) is 11.9 Å². The van der Waals surface area contributed by atoms with E-state index in [4.69, 9.17) is 11.2 Å². The zero-order valence-corrected chi connectivity index (χ0v) is 11.0. The number of anilines is 1. The molecule has 0 aromatic heterocycles. The molecule has 1 N–H and O–H groups in total. The topological polar surface area (TPSA) is 38.3 Å². The van der Waals surface area contributed by atoms with Gasteiger partial charge in [0.25, 0.3) is 0 Å². The van der Waals surface area contributed by atoms with Gasteiger partial charge in [-0.1, -0.05) is 42.3 Å². The van der Waals surface area contributed by atoms with E-state index in [2.05, 4.69) is 11.2 Å². The molecule has 0 saturated heterocycles. The molecule has 1 amide bonds. The van der Waals surface area contributed by atoms with Crippen LogP contribution in [0.4, 0.5) is 5.69 Å². The molecule has 0 bridgehead atoms. The fourth-order valence-electron chi connectivity index (χ4n) is 1.72. The smallest absolute Gasteiger partial charge is 0.250 e. The van der Waals surface area contributed by atoms with E-state index in [0.717, 1.165) is 11.1 Å². The third-order valence-corrected chi connectivity index (χ3v) is 2.66. The Labute approximate surface area is 118 Å². The predicted molar refractivity (Wildman–Crippen MR) is 79.1 cm³/mol. The highest BCUT2D eigenvalue weighted by atomic mass is 16.5. The maximum atomic E-state index is 11.7. The Kier molecular flexibility index (Phi) is 4.94. The fraction of sp³-hybridized carbons (Fsp3) is 0.118. The van der Waals surface area contributed by atoms with Gasteiger partial charge in [-0.2, -0.15) is 0 Å². The number of rotatable bonds is 5. The van der Waals surface area contributed by atoms with Gasteiger partial charge in [-0.25, -0.2) is 0 Å². The van der Waals surface area contributed by atoms with Gasteiger partial charge in [-0.3, -0.25) is 4.79 Å². The molecule has 2 rings (SSSR count). The number of ether oxygens (including phenoxy) is 1. The Morgan fingerprint density at radius 2 is 1.95 bits per heavy atom. The van der Waals surface area contributed by atoms with Gasteiger partial charge in [0.1, 0.15) is 6.61 Å². The summed E-state index contributed by atoms with van der Waals surface area (Å²) in [5.74, 6) is 2.32. The van der Waals surface area contributed by atoms with Crippen LogP contribution in [0.15, 0.2) is 54.6 Å². The second-order valence-electron chi connectivity index (χ2n) is 4.25. The molecule has 0 saturated carbocycles. The summed E-state index contributed by atoms with van der Waals surface area (Å²) in [6.45, 7) is 0.424. The molecule has 0 fully saturated rings. The lowest BCUT2D eigenvalue weighted by atomic mass is 10.2. The van der Waals surface area contributed by atoms with Gasteiger partial charge in [-0.15, -0.1) is 6.42 Å². The van der Waals surface area contributed by atoms with Crippen molar-refractivity contribution < 1.29 is 9.53 Å². The Morgan fingerprint density at radius 3 is 2.70 bits per heavy atom. The minimum Gasteiger partial charge on any atom is -0.367 e. The summed E-state index contributed by atoms with van der Waals surface area (Å²) >= 11 is 0. The first-order valence-electron chi connectivity index (χ1n) is 6.26. The summed E-state index contributed by atoms with van der Waals surface area (Å²) in [5.41, 5.74) is 2.44. The molecule has 0 aliphatic rings. The fourth-order valence-corrected chi connectivity index (χ4v) is 1.72. The lowest BCUT2D eigenvalue weighted by Crippen LogP contribution is -2.18. The molecule has 0 aliphatic heterocycles. The normalized spacial score (nSPS) is 9.75. The number of carbonyl (C=O) groups excluding carboxylic acids is 1. The van der Waals surface area contributed by atoms with Crippen LogP contribution in [-0.4, -0.2) is 12.5 Å². The lowest BCUT2D eigenvalue weighted by Gasteiger charge is -2.06. The molecule has 20 heavy (non-hydrogen) atoms. The molecular weight excluding hydrogens is 250 g/mol. The second-order valence-corrected chi connectivity index (χ2v) is 4.25. The lowest BCUT2D eigenvalue weighted by molar-refractivity contribution is -0.121. The minimum absolute atomic E-state index is 0.00910. The van der Waals surface area contributed by atoms with Crippen LogP contribution < -0.4 is 5.32 Å². The maximum Gasteiger partial charge on any atom is 0.250 e. The number of nitrogens with one attached hydrogen (secondary N) is 1. The molecule has 2 aromatic carbocycles. The standard InChI is InChI=1S/C17H15NO2/c1-2-14-9-6-10-16(11-14)18-17(19)13-20-12-15-7-4-3-5-8-15/h1,3-11H,12-13H2,(H,18,19). The first-order valence-corrected chi connectivity index (χ1v) is 6.26. The van der Waals surface area contributed by atoms with Crippen molar-refractivity contribution in [3.05, 3.63) is 65.7 Å². The van der Waals surface area contributed by atoms with E-state index in [9.17, 15) is 4.79 Å². The third kappa shape index (κ3) is 4.27. The molecule has 0 radical (unpaired) electrons. The second kappa shape index (κ2) is 7.13. The largest absolute Gasteiger partial charge is 0.367 e. The summed E-state index contributed by atoms with van der Waals surface area (Å²) in [6.07, 6.45) is 5.31. The molecule has 3 heteroatoms. The molecule has 0 spiro atoms. The minimum atomic E-state index is -0.199. The Bertz CT molecular complexity index is 614. The van der Waals surface area contributed by atoms with E-state index in [1.165, 1.54) is 0 Å². The summed E-state index contributed by atoms with van der Waals surface area (Å²) in [6, 6.07) is 16.9. The average Bonchev–Trinajstić information content (AvgIpc) is 2.48. The summed E-state index contributed by atoms with van der Waals surface area (Å²) in [5, 5.41) is 2.74.